The normalized spacial score (nSPS) is 11.6. The van der Waals surface area contributed by atoms with Gasteiger partial charge < -0.3 is 15.6 Å². The van der Waals surface area contributed by atoms with Gasteiger partial charge >= 0.3 is 0 Å². The van der Waals surface area contributed by atoms with E-state index < -0.39 is 0 Å². The number of carbonyl (C=O) groups excluding carboxylic acids is 1. The van der Waals surface area contributed by atoms with Crippen LogP contribution in [0.2, 0.25) is 0 Å². The van der Waals surface area contributed by atoms with Crippen molar-refractivity contribution in [2.75, 3.05) is 11.1 Å². The molecule has 4 N–H and O–H groups in total. The van der Waals surface area contributed by atoms with E-state index in [1.165, 1.54) is 0 Å². The lowest BCUT2D eigenvalue weighted by atomic mass is 9.92. The molecule has 0 radical (unpaired) electrons. The molecule has 2 aromatic rings. The summed E-state index contributed by atoms with van der Waals surface area (Å²) in [6, 6.07) is 3.47. The number of nitrogens with one attached hydrogen (secondary N) is 2. The highest BCUT2D eigenvalue weighted by atomic mass is 16.2. The van der Waals surface area contributed by atoms with Gasteiger partial charge in [0.15, 0.2) is 5.82 Å². The number of amides is 1. The molecule has 19 heavy (non-hydrogen) atoms. The molecule has 2 heterocycles. The number of rotatable bonds is 2. The number of hydrogen-bond donors (Lipinski definition) is 3. The minimum atomic E-state index is -0.230. The van der Waals surface area contributed by atoms with Gasteiger partial charge in [-0.1, -0.05) is 20.8 Å². The zero-order valence-corrected chi connectivity index (χ0v) is 11.6. The monoisotopic (exact) mass is 261 g/mol. The van der Waals surface area contributed by atoms with E-state index in [0.717, 1.165) is 5.69 Å². The van der Waals surface area contributed by atoms with Crippen molar-refractivity contribution in [1.29, 1.82) is 0 Å². The van der Waals surface area contributed by atoms with Crippen molar-refractivity contribution in [2.24, 2.45) is 7.05 Å². The Balaban J connectivity index is 2.16. The van der Waals surface area contributed by atoms with Crippen LogP contribution in [0.5, 0.6) is 0 Å². The van der Waals surface area contributed by atoms with Crippen LogP contribution in [-0.4, -0.2) is 20.7 Å². The summed E-state index contributed by atoms with van der Waals surface area (Å²) in [5, 5.41) is 9.76. The lowest BCUT2D eigenvalue weighted by Crippen LogP contribution is -2.15. The van der Waals surface area contributed by atoms with Crippen molar-refractivity contribution < 1.29 is 4.79 Å². The predicted molar refractivity (Wildman–Crippen MR) is 75.1 cm³/mol. The Morgan fingerprint density at radius 2 is 2.11 bits per heavy atom. The number of anilines is 2. The summed E-state index contributed by atoms with van der Waals surface area (Å²) in [6.07, 6.45) is 1.69. The van der Waals surface area contributed by atoms with Crippen molar-refractivity contribution in [3.63, 3.8) is 0 Å². The molecule has 0 spiro atoms. The number of aromatic nitrogens is 3. The molecular formula is C13H19N5O. The van der Waals surface area contributed by atoms with E-state index >= 15 is 0 Å². The van der Waals surface area contributed by atoms with Gasteiger partial charge in [0, 0.05) is 30.4 Å². The zero-order valence-electron chi connectivity index (χ0n) is 11.6. The average molecular weight is 261 g/mol. The molecule has 6 heteroatoms. The summed E-state index contributed by atoms with van der Waals surface area (Å²) < 4.78 is 1.68. The van der Waals surface area contributed by atoms with Gasteiger partial charge in [-0.25, -0.2) is 0 Å². The average Bonchev–Trinajstić information content (AvgIpc) is 2.84. The molecule has 6 nitrogen and oxygen atoms in total. The molecule has 0 atom stereocenters. The Bertz CT molecular complexity index is 603. The topological polar surface area (TPSA) is 88.7 Å². The van der Waals surface area contributed by atoms with Crippen LogP contribution in [0.15, 0.2) is 18.3 Å². The summed E-state index contributed by atoms with van der Waals surface area (Å²) >= 11 is 0. The fraction of sp³-hybridized carbons (Fsp3) is 0.385. The number of aromatic amines is 1. The van der Waals surface area contributed by atoms with Crippen LogP contribution in [0.25, 0.3) is 0 Å². The van der Waals surface area contributed by atoms with Crippen LogP contribution in [0.3, 0.4) is 0 Å². The van der Waals surface area contributed by atoms with Crippen molar-refractivity contribution in [3.8, 4) is 0 Å². The van der Waals surface area contributed by atoms with Crippen molar-refractivity contribution in [1.82, 2.24) is 14.8 Å². The zero-order chi connectivity index (χ0) is 14.2. The largest absolute Gasteiger partial charge is 0.397 e. The number of carbonyl (C=O) groups is 1. The first kappa shape index (κ1) is 13.2. The Hall–Kier alpha value is -2.24. The van der Waals surface area contributed by atoms with E-state index in [0.29, 0.717) is 17.2 Å². The first-order chi connectivity index (χ1) is 8.77. The highest BCUT2D eigenvalue weighted by molar-refractivity contribution is 6.03. The van der Waals surface area contributed by atoms with Crippen LogP contribution >= 0.6 is 0 Å². The SMILES string of the molecule is Cn1cc(N)cc1C(=O)Nc1cc(C(C)(C)C)[nH]n1. The van der Waals surface area contributed by atoms with E-state index in [2.05, 4.69) is 36.3 Å². The maximum absolute atomic E-state index is 12.1. The van der Waals surface area contributed by atoms with Gasteiger partial charge in [0.25, 0.3) is 5.91 Å². The second-order valence-corrected chi connectivity index (χ2v) is 5.64. The maximum Gasteiger partial charge on any atom is 0.273 e. The third kappa shape index (κ3) is 2.78. The predicted octanol–water partition coefficient (Wildman–Crippen LogP) is 1.88. The fourth-order valence-corrected chi connectivity index (χ4v) is 1.77. The number of nitrogen functional groups attached to an aromatic ring is 1. The summed E-state index contributed by atoms with van der Waals surface area (Å²) in [4.78, 5) is 12.1. The molecule has 0 aliphatic rings. The van der Waals surface area contributed by atoms with Gasteiger partial charge in [-0.05, 0) is 6.07 Å². The summed E-state index contributed by atoms with van der Waals surface area (Å²) in [6.45, 7) is 6.22. The highest BCUT2D eigenvalue weighted by Crippen LogP contribution is 2.22. The van der Waals surface area contributed by atoms with E-state index in [1.807, 2.05) is 6.07 Å². The Labute approximate surface area is 112 Å². The second-order valence-electron chi connectivity index (χ2n) is 5.64. The third-order valence-electron chi connectivity index (χ3n) is 2.89. The van der Waals surface area contributed by atoms with E-state index in [1.54, 1.807) is 23.9 Å². The fourth-order valence-electron chi connectivity index (χ4n) is 1.77. The number of H-pyrrole nitrogens is 1. The first-order valence-corrected chi connectivity index (χ1v) is 6.06. The molecule has 0 bridgehead atoms. The maximum atomic E-state index is 12.1. The Kier molecular flexibility index (Phi) is 3.09. The minimum Gasteiger partial charge on any atom is -0.397 e. The summed E-state index contributed by atoms with van der Waals surface area (Å²) in [7, 11) is 1.77. The molecule has 0 saturated carbocycles. The number of aryl methyl sites for hydroxylation is 1. The Morgan fingerprint density at radius 3 is 2.58 bits per heavy atom. The second kappa shape index (κ2) is 4.46. The number of hydrogen-bond acceptors (Lipinski definition) is 3. The van der Waals surface area contributed by atoms with Crippen molar-refractivity contribution in [3.05, 3.63) is 29.7 Å². The summed E-state index contributed by atoms with van der Waals surface area (Å²) in [5.74, 6) is 0.279. The molecular weight excluding hydrogens is 242 g/mol. The van der Waals surface area contributed by atoms with Crippen molar-refractivity contribution >= 4 is 17.4 Å². The molecule has 0 unspecified atom stereocenters. The van der Waals surface area contributed by atoms with Crippen LogP contribution in [-0.2, 0) is 12.5 Å². The lowest BCUT2D eigenvalue weighted by Gasteiger charge is -2.14. The number of nitrogens with zero attached hydrogens (tertiary/aromatic N) is 2. The number of nitrogens with two attached hydrogens (primary N) is 1. The molecule has 1 amide bonds. The molecule has 0 aliphatic carbocycles. The van der Waals surface area contributed by atoms with E-state index in [-0.39, 0.29) is 11.3 Å². The molecule has 2 aromatic heterocycles. The molecule has 102 valence electrons. The van der Waals surface area contributed by atoms with Crippen LogP contribution in [0, 0.1) is 0 Å². The molecule has 0 fully saturated rings. The van der Waals surface area contributed by atoms with Crippen LogP contribution < -0.4 is 11.1 Å². The van der Waals surface area contributed by atoms with Gasteiger partial charge in [0.2, 0.25) is 0 Å². The van der Waals surface area contributed by atoms with Gasteiger partial charge in [-0.15, -0.1) is 0 Å². The van der Waals surface area contributed by atoms with Crippen LogP contribution in [0.4, 0.5) is 11.5 Å². The quantitative estimate of drug-likeness (QED) is 0.771. The van der Waals surface area contributed by atoms with Gasteiger partial charge in [0.1, 0.15) is 5.69 Å². The molecule has 0 saturated heterocycles. The standard InChI is InChI=1S/C13H19N5O/c1-13(2,3)10-6-11(17-16-10)15-12(19)9-5-8(14)7-18(9)4/h5-7H,14H2,1-4H3,(H2,15,16,17,19). The van der Waals surface area contributed by atoms with Gasteiger partial charge in [0.05, 0.1) is 5.69 Å². The highest BCUT2D eigenvalue weighted by Gasteiger charge is 2.18. The van der Waals surface area contributed by atoms with Crippen molar-refractivity contribution in [2.45, 2.75) is 26.2 Å². The minimum absolute atomic E-state index is 0.0363. The lowest BCUT2D eigenvalue weighted by molar-refractivity contribution is 0.101. The Morgan fingerprint density at radius 1 is 1.42 bits per heavy atom. The third-order valence-corrected chi connectivity index (χ3v) is 2.89. The molecule has 0 aromatic carbocycles. The summed E-state index contributed by atoms with van der Waals surface area (Å²) in [5.41, 5.74) is 7.64. The molecule has 0 aliphatic heterocycles. The first-order valence-electron chi connectivity index (χ1n) is 6.06. The van der Waals surface area contributed by atoms with E-state index in [9.17, 15) is 4.79 Å². The smallest absolute Gasteiger partial charge is 0.273 e. The van der Waals surface area contributed by atoms with Gasteiger partial charge in [-0.3, -0.25) is 9.89 Å². The van der Waals surface area contributed by atoms with Crippen LogP contribution in [0.1, 0.15) is 37.0 Å². The van der Waals surface area contributed by atoms with E-state index in [4.69, 9.17) is 5.73 Å². The molecule has 2 rings (SSSR count). The van der Waals surface area contributed by atoms with Gasteiger partial charge in [-0.2, -0.15) is 5.10 Å².